The normalized spacial score (nSPS) is 16.5. The molecule has 20 heavy (non-hydrogen) atoms. The molecule has 3 heteroatoms. The van der Waals surface area contributed by atoms with Crippen molar-refractivity contribution in [2.24, 2.45) is 0 Å². The fourth-order valence-corrected chi connectivity index (χ4v) is 2.39. The Bertz CT molecular complexity index is 490. The molecule has 1 unspecified atom stereocenters. The first-order valence-electron chi connectivity index (χ1n) is 7.39. The lowest BCUT2D eigenvalue weighted by Crippen LogP contribution is -2.14. The molecule has 1 N–H and O–H groups in total. The van der Waals surface area contributed by atoms with Gasteiger partial charge in [0, 0.05) is 30.6 Å². The van der Waals surface area contributed by atoms with Gasteiger partial charge in [-0.2, -0.15) is 0 Å². The quantitative estimate of drug-likeness (QED) is 0.637. The fourth-order valence-electron chi connectivity index (χ4n) is 2.39. The molecule has 2 rings (SSSR count). The summed E-state index contributed by atoms with van der Waals surface area (Å²) in [5.41, 5.74) is 3.75. The summed E-state index contributed by atoms with van der Waals surface area (Å²) in [6, 6.07) is 4.26. The Hall–Kier alpha value is -1.48. The number of nitrogens with one attached hydrogen (secondary N) is 1. The topological polar surface area (TPSA) is 30.5 Å². The highest BCUT2D eigenvalue weighted by atomic mass is 16.5. The van der Waals surface area contributed by atoms with Gasteiger partial charge < -0.3 is 14.8 Å². The lowest BCUT2D eigenvalue weighted by molar-refractivity contribution is 0.254. The molecule has 0 bridgehead atoms. The van der Waals surface area contributed by atoms with E-state index < -0.39 is 0 Å². The first kappa shape index (κ1) is 14.9. The van der Waals surface area contributed by atoms with Crippen LogP contribution in [0, 0.1) is 0 Å². The summed E-state index contributed by atoms with van der Waals surface area (Å²) in [4.78, 5) is 0. The molecule has 110 valence electrons. The molecule has 1 aromatic carbocycles. The van der Waals surface area contributed by atoms with E-state index >= 15 is 0 Å². The van der Waals surface area contributed by atoms with Crippen LogP contribution in [-0.2, 0) is 13.0 Å². The number of ether oxygens (including phenoxy) is 2. The van der Waals surface area contributed by atoms with Crippen molar-refractivity contribution < 1.29 is 9.47 Å². The maximum atomic E-state index is 5.83. The van der Waals surface area contributed by atoms with Crippen LogP contribution in [0.15, 0.2) is 23.8 Å². The zero-order valence-electron chi connectivity index (χ0n) is 13.0. The molecule has 0 saturated heterocycles. The van der Waals surface area contributed by atoms with Crippen molar-refractivity contribution in [2.45, 2.75) is 46.8 Å². The Labute approximate surface area is 122 Å². The molecule has 0 amide bonds. The van der Waals surface area contributed by atoms with Crippen LogP contribution in [0.2, 0.25) is 0 Å². The predicted molar refractivity (Wildman–Crippen MR) is 82.5 cm³/mol. The summed E-state index contributed by atoms with van der Waals surface area (Å²) < 4.78 is 11.6. The van der Waals surface area contributed by atoms with E-state index in [2.05, 4.69) is 44.3 Å². The van der Waals surface area contributed by atoms with Crippen molar-refractivity contribution in [3.63, 3.8) is 0 Å². The van der Waals surface area contributed by atoms with Gasteiger partial charge in [0.1, 0.15) is 17.6 Å². The fraction of sp³-hybridized carbons (Fsp3) is 0.529. The first-order chi connectivity index (χ1) is 9.60. The van der Waals surface area contributed by atoms with Crippen LogP contribution >= 0.6 is 0 Å². The first-order valence-corrected chi connectivity index (χ1v) is 7.39. The summed E-state index contributed by atoms with van der Waals surface area (Å²) in [6.07, 6.45) is 3.43. The summed E-state index contributed by atoms with van der Waals surface area (Å²) in [5.74, 6) is 1.99. The summed E-state index contributed by atoms with van der Waals surface area (Å²) in [6.45, 7) is 10.7. The second kappa shape index (κ2) is 6.80. The third-order valence-electron chi connectivity index (χ3n) is 3.35. The van der Waals surface area contributed by atoms with E-state index in [9.17, 15) is 0 Å². The Morgan fingerprint density at radius 2 is 2.25 bits per heavy atom. The van der Waals surface area contributed by atoms with Crippen LogP contribution in [-0.4, -0.2) is 19.3 Å². The SMILES string of the molecule is CCOc1cc2c(cc1CNCC=C(C)C)OC(C)C2. The van der Waals surface area contributed by atoms with Crippen LogP contribution in [0.4, 0.5) is 0 Å². The molecule has 0 aliphatic carbocycles. The highest BCUT2D eigenvalue weighted by Crippen LogP contribution is 2.35. The van der Waals surface area contributed by atoms with Gasteiger partial charge >= 0.3 is 0 Å². The molecular weight excluding hydrogens is 250 g/mol. The van der Waals surface area contributed by atoms with E-state index in [1.54, 1.807) is 0 Å². The third-order valence-corrected chi connectivity index (χ3v) is 3.35. The van der Waals surface area contributed by atoms with Gasteiger partial charge in [0.15, 0.2) is 0 Å². The van der Waals surface area contributed by atoms with Crippen LogP contribution < -0.4 is 14.8 Å². The molecule has 0 spiro atoms. The Balaban J connectivity index is 2.10. The minimum absolute atomic E-state index is 0.272. The van der Waals surface area contributed by atoms with Crippen molar-refractivity contribution >= 4 is 0 Å². The van der Waals surface area contributed by atoms with Crippen molar-refractivity contribution in [1.82, 2.24) is 5.32 Å². The zero-order chi connectivity index (χ0) is 14.5. The summed E-state index contributed by atoms with van der Waals surface area (Å²) >= 11 is 0. The maximum Gasteiger partial charge on any atom is 0.124 e. The number of hydrogen-bond donors (Lipinski definition) is 1. The van der Waals surface area contributed by atoms with Gasteiger partial charge in [-0.05, 0) is 39.8 Å². The van der Waals surface area contributed by atoms with Crippen molar-refractivity contribution in [3.05, 3.63) is 34.9 Å². The van der Waals surface area contributed by atoms with Crippen LogP contribution in [0.25, 0.3) is 0 Å². The maximum absolute atomic E-state index is 5.83. The molecule has 0 saturated carbocycles. The average molecular weight is 275 g/mol. The van der Waals surface area contributed by atoms with E-state index in [0.29, 0.717) is 6.61 Å². The monoisotopic (exact) mass is 275 g/mol. The molecule has 0 fully saturated rings. The second-order valence-corrected chi connectivity index (χ2v) is 5.55. The van der Waals surface area contributed by atoms with Gasteiger partial charge in [0.05, 0.1) is 6.61 Å². The lowest BCUT2D eigenvalue weighted by atomic mass is 10.1. The zero-order valence-corrected chi connectivity index (χ0v) is 13.0. The van der Waals surface area contributed by atoms with Gasteiger partial charge in [-0.3, -0.25) is 0 Å². The molecule has 1 aliphatic rings. The molecule has 0 radical (unpaired) electrons. The highest BCUT2D eigenvalue weighted by Gasteiger charge is 2.21. The lowest BCUT2D eigenvalue weighted by Gasteiger charge is -2.13. The van der Waals surface area contributed by atoms with E-state index in [4.69, 9.17) is 9.47 Å². The van der Waals surface area contributed by atoms with E-state index in [1.165, 1.54) is 16.7 Å². The number of fused-ring (bicyclic) bond motifs is 1. The molecular formula is C17H25NO2. The number of benzene rings is 1. The number of hydrogen-bond acceptors (Lipinski definition) is 3. The second-order valence-electron chi connectivity index (χ2n) is 5.55. The Morgan fingerprint density at radius 3 is 2.95 bits per heavy atom. The molecule has 0 aromatic heterocycles. The Kier molecular flexibility index (Phi) is 5.07. The van der Waals surface area contributed by atoms with E-state index in [1.807, 2.05) is 6.92 Å². The van der Waals surface area contributed by atoms with E-state index in [-0.39, 0.29) is 6.10 Å². The highest BCUT2D eigenvalue weighted by molar-refractivity contribution is 5.48. The van der Waals surface area contributed by atoms with Crippen molar-refractivity contribution in [3.8, 4) is 11.5 Å². The minimum Gasteiger partial charge on any atom is -0.494 e. The average Bonchev–Trinajstić information content (AvgIpc) is 2.74. The predicted octanol–water partition coefficient (Wildman–Crippen LogP) is 3.46. The van der Waals surface area contributed by atoms with Crippen LogP contribution in [0.5, 0.6) is 11.5 Å². The third kappa shape index (κ3) is 3.76. The van der Waals surface area contributed by atoms with Crippen molar-refractivity contribution in [2.75, 3.05) is 13.2 Å². The molecule has 1 aromatic rings. The number of allylic oxidation sites excluding steroid dienone is 1. The van der Waals surface area contributed by atoms with E-state index in [0.717, 1.165) is 31.0 Å². The molecule has 1 heterocycles. The largest absolute Gasteiger partial charge is 0.494 e. The minimum atomic E-state index is 0.272. The smallest absolute Gasteiger partial charge is 0.124 e. The van der Waals surface area contributed by atoms with Gasteiger partial charge in [-0.25, -0.2) is 0 Å². The summed E-state index contributed by atoms with van der Waals surface area (Å²) in [7, 11) is 0. The molecule has 3 nitrogen and oxygen atoms in total. The van der Waals surface area contributed by atoms with Gasteiger partial charge in [-0.15, -0.1) is 0 Å². The number of rotatable bonds is 6. The Morgan fingerprint density at radius 1 is 1.45 bits per heavy atom. The van der Waals surface area contributed by atoms with Gasteiger partial charge in [-0.1, -0.05) is 11.6 Å². The standard InChI is InChI=1S/C17H25NO2/c1-5-19-16-9-14-8-13(4)20-17(14)10-15(16)11-18-7-6-12(2)3/h6,9-10,13,18H,5,7-8,11H2,1-4H3. The molecule has 1 aliphatic heterocycles. The van der Waals surface area contributed by atoms with Gasteiger partial charge in [0.25, 0.3) is 0 Å². The van der Waals surface area contributed by atoms with Crippen molar-refractivity contribution in [1.29, 1.82) is 0 Å². The van der Waals surface area contributed by atoms with Crippen LogP contribution in [0.1, 0.15) is 38.8 Å². The van der Waals surface area contributed by atoms with Crippen LogP contribution in [0.3, 0.4) is 0 Å². The summed E-state index contributed by atoms with van der Waals surface area (Å²) in [5, 5.41) is 3.42. The van der Waals surface area contributed by atoms with Gasteiger partial charge in [0.2, 0.25) is 0 Å². The molecule has 1 atom stereocenters.